The number of rotatable bonds is 5. The molecule has 134 valence electrons. The average molecular weight is 344 g/mol. The summed E-state index contributed by atoms with van der Waals surface area (Å²) in [5.41, 5.74) is 2.90. The minimum atomic E-state index is -0.730. The standard InChI is InChI=1S/C20H24O5/c1-5-11(2)23-19(21)13(4)24-17-10-9-15-14-7-6-8-16(14)20(22)25-18(15)12(17)3/h9-11,13H,5-8H2,1-4H3/t11-,13+/m0/s1. The Hall–Kier alpha value is -2.30. The number of hydrogen-bond acceptors (Lipinski definition) is 5. The Balaban J connectivity index is 1.91. The van der Waals surface area contributed by atoms with E-state index < -0.39 is 12.1 Å². The average Bonchev–Trinajstić information content (AvgIpc) is 3.08. The van der Waals surface area contributed by atoms with Crippen molar-refractivity contribution in [2.45, 2.75) is 65.6 Å². The van der Waals surface area contributed by atoms with E-state index >= 15 is 0 Å². The predicted molar refractivity (Wildman–Crippen MR) is 95.2 cm³/mol. The number of esters is 1. The van der Waals surface area contributed by atoms with Gasteiger partial charge in [0.15, 0.2) is 6.10 Å². The summed E-state index contributed by atoms with van der Waals surface area (Å²) in [5.74, 6) is 0.131. The zero-order valence-electron chi connectivity index (χ0n) is 15.2. The van der Waals surface area contributed by atoms with Crippen LogP contribution < -0.4 is 10.4 Å². The van der Waals surface area contributed by atoms with E-state index in [9.17, 15) is 9.59 Å². The van der Waals surface area contributed by atoms with Crippen LogP contribution in [0.5, 0.6) is 5.75 Å². The highest BCUT2D eigenvalue weighted by Crippen LogP contribution is 2.33. The number of carbonyl (C=O) groups is 1. The molecule has 0 unspecified atom stereocenters. The summed E-state index contributed by atoms with van der Waals surface area (Å²) in [6.07, 6.45) is 2.54. The Morgan fingerprint density at radius 1 is 1.24 bits per heavy atom. The van der Waals surface area contributed by atoms with Crippen LogP contribution in [0.1, 0.15) is 50.3 Å². The largest absolute Gasteiger partial charge is 0.479 e. The molecule has 1 heterocycles. The van der Waals surface area contributed by atoms with Crippen molar-refractivity contribution in [3.63, 3.8) is 0 Å². The van der Waals surface area contributed by atoms with Gasteiger partial charge >= 0.3 is 11.6 Å². The molecule has 1 aliphatic carbocycles. The number of ether oxygens (including phenoxy) is 2. The van der Waals surface area contributed by atoms with E-state index in [1.165, 1.54) is 0 Å². The highest BCUT2D eigenvalue weighted by molar-refractivity contribution is 5.86. The minimum absolute atomic E-state index is 0.142. The fourth-order valence-electron chi connectivity index (χ4n) is 3.21. The van der Waals surface area contributed by atoms with Gasteiger partial charge in [-0.3, -0.25) is 0 Å². The summed E-state index contributed by atoms with van der Waals surface area (Å²) in [7, 11) is 0. The van der Waals surface area contributed by atoms with E-state index in [2.05, 4.69) is 0 Å². The minimum Gasteiger partial charge on any atom is -0.479 e. The van der Waals surface area contributed by atoms with E-state index in [4.69, 9.17) is 13.9 Å². The first kappa shape index (κ1) is 17.5. The third kappa shape index (κ3) is 3.28. The van der Waals surface area contributed by atoms with Crippen LogP contribution in [0.15, 0.2) is 21.3 Å². The van der Waals surface area contributed by atoms with Crippen molar-refractivity contribution in [2.75, 3.05) is 0 Å². The second-order valence-corrected chi connectivity index (χ2v) is 6.68. The molecule has 0 amide bonds. The van der Waals surface area contributed by atoms with Gasteiger partial charge in [0.25, 0.3) is 0 Å². The third-order valence-electron chi connectivity index (χ3n) is 4.87. The van der Waals surface area contributed by atoms with Crippen molar-refractivity contribution in [2.24, 2.45) is 0 Å². The van der Waals surface area contributed by atoms with Crippen LogP contribution in [0, 0.1) is 6.92 Å². The normalized spacial score (nSPS) is 15.7. The molecule has 2 atom stereocenters. The zero-order chi connectivity index (χ0) is 18.1. The van der Waals surface area contributed by atoms with Gasteiger partial charge in [-0.1, -0.05) is 6.92 Å². The molecular formula is C20H24O5. The number of benzene rings is 1. The summed E-state index contributed by atoms with van der Waals surface area (Å²) >= 11 is 0. The van der Waals surface area contributed by atoms with Gasteiger partial charge in [0.1, 0.15) is 11.3 Å². The van der Waals surface area contributed by atoms with Crippen LogP contribution in [0.2, 0.25) is 0 Å². The van der Waals surface area contributed by atoms with E-state index in [0.29, 0.717) is 11.3 Å². The highest BCUT2D eigenvalue weighted by Gasteiger charge is 2.23. The zero-order valence-corrected chi connectivity index (χ0v) is 15.2. The first-order chi connectivity index (χ1) is 11.9. The molecule has 0 aliphatic heterocycles. The quantitative estimate of drug-likeness (QED) is 0.611. The molecule has 25 heavy (non-hydrogen) atoms. The molecule has 5 nitrogen and oxygen atoms in total. The fourth-order valence-corrected chi connectivity index (χ4v) is 3.21. The molecule has 0 bridgehead atoms. The van der Waals surface area contributed by atoms with E-state index in [1.54, 1.807) is 6.92 Å². The van der Waals surface area contributed by atoms with Crippen molar-refractivity contribution >= 4 is 16.9 Å². The maximum atomic E-state index is 12.2. The maximum Gasteiger partial charge on any atom is 0.347 e. The van der Waals surface area contributed by atoms with Crippen LogP contribution in [0.3, 0.4) is 0 Å². The summed E-state index contributed by atoms with van der Waals surface area (Å²) in [6.45, 7) is 7.31. The Morgan fingerprint density at radius 3 is 2.68 bits per heavy atom. The van der Waals surface area contributed by atoms with Gasteiger partial charge in [0.2, 0.25) is 0 Å². The van der Waals surface area contributed by atoms with Gasteiger partial charge in [0.05, 0.1) is 6.10 Å². The van der Waals surface area contributed by atoms with E-state index in [0.717, 1.165) is 47.8 Å². The second-order valence-electron chi connectivity index (χ2n) is 6.68. The van der Waals surface area contributed by atoms with Gasteiger partial charge < -0.3 is 13.9 Å². The van der Waals surface area contributed by atoms with Crippen molar-refractivity contribution in [1.29, 1.82) is 0 Å². The number of hydrogen-bond donors (Lipinski definition) is 0. The monoisotopic (exact) mass is 344 g/mol. The van der Waals surface area contributed by atoms with Crippen LogP contribution in [0.25, 0.3) is 11.0 Å². The Morgan fingerprint density at radius 2 is 1.96 bits per heavy atom. The molecule has 1 aromatic carbocycles. The molecule has 2 aromatic rings. The van der Waals surface area contributed by atoms with Gasteiger partial charge in [-0.25, -0.2) is 9.59 Å². The molecule has 1 aliphatic rings. The topological polar surface area (TPSA) is 65.7 Å². The first-order valence-electron chi connectivity index (χ1n) is 8.87. The molecule has 0 radical (unpaired) electrons. The maximum absolute atomic E-state index is 12.2. The molecule has 5 heteroatoms. The Bertz CT molecular complexity index is 864. The SMILES string of the molecule is CC[C@H](C)OC(=O)[C@@H](C)Oc1ccc2c3c(c(=O)oc2c1C)CCC3. The van der Waals surface area contributed by atoms with Crippen molar-refractivity contribution < 1.29 is 18.7 Å². The highest BCUT2D eigenvalue weighted by atomic mass is 16.6. The Labute approximate surface area is 146 Å². The summed E-state index contributed by atoms with van der Waals surface area (Å²) in [5, 5.41) is 0.965. The Kier molecular flexibility index (Phi) is 4.84. The lowest BCUT2D eigenvalue weighted by Crippen LogP contribution is -2.29. The molecule has 0 saturated heterocycles. The van der Waals surface area contributed by atoms with Crippen molar-refractivity contribution in [3.05, 3.63) is 39.2 Å². The lowest BCUT2D eigenvalue weighted by molar-refractivity contribution is -0.155. The summed E-state index contributed by atoms with van der Waals surface area (Å²) < 4.78 is 16.6. The predicted octanol–water partition coefficient (Wildman–Crippen LogP) is 3.70. The molecule has 0 spiro atoms. The summed E-state index contributed by atoms with van der Waals surface area (Å²) in [6, 6.07) is 3.75. The molecule has 0 fully saturated rings. The molecule has 1 aromatic heterocycles. The second kappa shape index (κ2) is 6.90. The lowest BCUT2D eigenvalue weighted by Gasteiger charge is -2.18. The van der Waals surface area contributed by atoms with E-state index in [-0.39, 0.29) is 11.7 Å². The van der Waals surface area contributed by atoms with Crippen LogP contribution >= 0.6 is 0 Å². The molecule has 3 rings (SSSR count). The van der Waals surface area contributed by atoms with E-state index in [1.807, 2.05) is 32.9 Å². The third-order valence-corrected chi connectivity index (χ3v) is 4.87. The van der Waals surface area contributed by atoms with Crippen LogP contribution in [-0.2, 0) is 22.4 Å². The molecule has 0 saturated carbocycles. The number of aryl methyl sites for hydroxylation is 2. The van der Waals surface area contributed by atoms with Crippen LogP contribution in [-0.4, -0.2) is 18.2 Å². The molecular weight excluding hydrogens is 320 g/mol. The van der Waals surface area contributed by atoms with Gasteiger partial charge in [-0.15, -0.1) is 0 Å². The molecule has 0 N–H and O–H groups in total. The number of fused-ring (bicyclic) bond motifs is 3. The van der Waals surface area contributed by atoms with Gasteiger partial charge in [0, 0.05) is 16.5 Å². The fraction of sp³-hybridized carbons (Fsp3) is 0.500. The lowest BCUT2D eigenvalue weighted by atomic mass is 10.0. The van der Waals surface area contributed by atoms with Crippen molar-refractivity contribution in [1.82, 2.24) is 0 Å². The summed E-state index contributed by atoms with van der Waals surface area (Å²) in [4.78, 5) is 24.3. The van der Waals surface area contributed by atoms with Gasteiger partial charge in [-0.05, 0) is 64.2 Å². The first-order valence-corrected chi connectivity index (χ1v) is 8.87. The smallest absolute Gasteiger partial charge is 0.347 e. The van der Waals surface area contributed by atoms with Crippen LogP contribution in [0.4, 0.5) is 0 Å². The van der Waals surface area contributed by atoms with Gasteiger partial charge in [-0.2, -0.15) is 0 Å². The van der Waals surface area contributed by atoms with Crippen molar-refractivity contribution in [3.8, 4) is 5.75 Å². The number of carbonyl (C=O) groups excluding carboxylic acids is 1.